The van der Waals surface area contributed by atoms with Gasteiger partial charge in [-0.2, -0.15) is 5.26 Å². The average Bonchev–Trinajstić information content (AvgIpc) is 2.67. The van der Waals surface area contributed by atoms with Crippen molar-refractivity contribution in [2.45, 2.75) is 20.8 Å². The number of thiophene rings is 1. The van der Waals surface area contributed by atoms with Crippen molar-refractivity contribution >= 4 is 22.2 Å². The Morgan fingerprint density at radius 1 is 1.35 bits per heavy atom. The van der Waals surface area contributed by atoms with Crippen molar-refractivity contribution in [3.8, 4) is 6.07 Å². The molecule has 0 saturated heterocycles. The Morgan fingerprint density at radius 2 is 2.05 bits per heavy atom. The van der Waals surface area contributed by atoms with Crippen molar-refractivity contribution in [3.63, 3.8) is 0 Å². The molecule has 2 rings (SSSR count). The predicted molar refractivity (Wildman–Crippen MR) is 77.6 cm³/mol. The molecule has 0 unspecified atom stereocenters. The smallest absolute Gasteiger partial charge is 0.256 e. The van der Waals surface area contributed by atoms with Crippen LogP contribution >= 0.6 is 11.3 Å². The molecule has 0 atom stereocenters. The second-order valence-electron chi connectivity index (χ2n) is 4.52. The van der Waals surface area contributed by atoms with Crippen LogP contribution in [0.3, 0.4) is 0 Å². The van der Waals surface area contributed by atoms with Gasteiger partial charge in [0, 0.05) is 10.4 Å². The van der Waals surface area contributed by atoms with Crippen LogP contribution in [0.15, 0.2) is 18.2 Å². The van der Waals surface area contributed by atoms with Gasteiger partial charge in [-0.15, -0.1) is 11.3 Å². The third kappa shape index (κ3) is 2.56. The molecule has 0 aliphatic rings. The van der Waals surface area contributed by atoms with Crippen molar-refractivity contribution < 1.29 is 9.18 Å². The molecule has 102 valence electrons. The molecule has 3 nitrogen and oxygen atoms in total. The quantitative estimate of drug-likeness (QED) is 0.910. The molecule has 2 aromatic rings. The number of benzene rings is 1. The lowest BCUT2D eigenvalue weighted by molar-refractivity contribution is 0.102. The number of anilines is 1. The zero-order valence-corrected chi connectivity index (χ0v) is 12.2. The van der Waals surface area contributed by atoms with E-state index in [0.29, 0.717) is 16.1 Å². The van der Waals surface area contributed by atoms with E-state index in [1.165, 1.54) is 17.4 Å². The average molecular weight is 288 g/mol. The van der Waals surface area contributed by atoms with Crippen LogP contribution in [0.2, 0.25) is 0 Å². The summed E-state index contributed by atoms with van der Waals surface area (Å²) in [6.07, 6.45) is 0. The number of hydrogen-bond acceptors (Lipinski definition) is 3. The van der Waals surface area contributed by atoms with E-state index in [0.717, 1.165) is 10.4 Å². The Balaban J connectivity index is 2.30. The van der Waals surface area contributed by atoms with Crippen molar-refractivity contribution in [1.82, 2.24) is 0 Å². The number of carbonyl (C=O) groups excluding carboxylic acids is 1. The molecule has 1 amide bonds. The van der Waals surface area contributed by atoms with Crippen molar-refractivity contribution in [2.75, 3.05) is 5.32 Å². The van der Waals surface area contributed by atoms with Crippen LogP contribution in [0.1, 0.15) is 31.9 Å². The van der Waals surface area contributed by atoms with Gasteiger partial charge in [0.25, 0.3) is 5.91 Å². The highest BCUT2D eigenvalue weighted by Gasteiger charge is 2.16. The third-order valence-corrected chi connectivity index (χ3v) is 4.28. The molecular formula is C15H13FN2OS. The standard InChI is InChI=1S/C15H13FN2OS/c1-8-4-5-11(6-13(8)16)14(19)18-15-12(7-17)9(2)10(3)20-15/h4-6H,1-3H3,(H,18,19). The number of nitrogens with zero attached hydrogens (tertiary/aromatic N) is 1. The lowest BCUT2D eigenvalue weighted by Gasteiger charge is -2.04. The Bertz CT molecular complexity index is 728. The highest BCUT2D eigenvalue weighted by atomic mass is 32.1. The summed E-state index contributed by atoms with van der Waals surface area (Å²) in [4.78, 5) is 13.1. The zero-order chi connectivity index (χ0) is 14.9. The molecule has 0 bridgehead atoms. The Hall–Kier alpha value is -2.19. The van der Waals surface area contributed by atoms with Crippen LogP contribution in [0.5, 0.6) is 0 Å². The molecule has 20 heavy (non-hydrogen) atoms. The maximum Gasteiger partial charge on any atom is 0.256 e. The summed E-state index contributed by atoms with van der Waals surface area (Å²) in [6, 6.07) is 6.40. The minimum atomic E-state index is -0.420. The van der Waals surface area contributed by atoms with Crippen LogP contribution in [-0.4, -0.2) is 5.91 Å². The van der Waals surface area contributed by atoms with Crippen molar-refractivity contribution in [3.05, 3.63) is 51.1 Å². The van der Waals surface area contributed by atoms with Gasteiger partial charge < -0.3 is 5.32 Å². The first kappa shape index (κ1) is 14.2. The van der Waals surface area contributed by atoms with Gasteiger partial charge in [0.1, 0.15) is 16.9 Å². The van der Waals surface area contributed by atoms with Gasteiger partial charge in [-0.05, 0) is 44.0 Å². The number of amides is 1. The fourth-order valence-corrected chi connectivity index (χ4v) is 2.76. The van der Waals surface area contributed by atoms with E-state index in [9.17, 15) is 9.18 Å². The van der Waals surface area contributed by atoms with Crippen LogP contribution in [-0.2, 0) is 0 Å². The van der Waals surface area contributed by atoms with Gasteiger partial charge in [-0.3, -0.25) is 4.79 Å². The van der Waals surface area contributed by atoms with Gasteiger partial charge in [0.2, 0.25) is 0 Å². The Kier molecular flexibility index (Phi) is 3.86. The summed E-state index contributed by atoms with van der Waals surface area (Å²) in [5, 5.41) is 12.3. The number of aryl methyl sites for hydroxylation is 2. The molecule has 1 heterocycles. The second-order valence-corrected chi connectivity index (χ2v) is 5.74. The maximum absolute atomic E-state index is 13.5. The number of hydrogen-bond donors (Lipinski definition) is 1. The molecular weight excluding hydrogens is 275 g/mol. The topological polar surface area (TPSA) is 52.9 Å². The predicted octanol–water partition coefficient (Wildman–Crippen LogP) is 3.94. The minimum absolute atomic E-state index is 0.237. The molecule has 0 spiro atoms. The van der Waals surface area contributed by atoms with Crippen LogP contribution in [0.25, 0.3) is 0 Å². The Labute approximate surface area is 120 Å². The van der Waals surface area contributed by atoms with E-state index >= 15 is 0 Å². The van der Waals surface area contributed by atoms with Gasteiger partial charge in [0.05, 0.1) is 5.56 Å². The molecule has 0 fully saturated rings. The summed E-state index contributed by atoms with van der Waals surface area (Å²) >= 11 is 1.35. The van der Waals surface area contributed by atoms with E-state index in [4.69, 9.17) is 5.26 Å². The first-order chi connectivity index (χ1) is 9.43. The number of nitrogens with one attached hydrogen (secondary N) is 1. The first-order valence-electron chi connectivity index (χ1n) is 6.01. The van der Waals surface area contributed by atoms with E-state index in [1.807, 2.05) is 13.8 Å². The number of halogens is 1. The third-order valence-electron chi connectivity index (χ3n) is 3.16. The lowest BCUT2D eigenvalue weighted by Crippen LogP contribution is -2.12. The summed E-state index contributed by atoms with van der Waals surface area (Å²) in [6.45, 7) is 5.37. The highest BCUT2D eigenvalue weighted by Crippen LogP contribution is 2.31. The van der Waals surface area contributed by atoms with Crippen molar-refractivity contribution in [1.29, 1.82) is 5.26 Å². The van der Waals surface area contributed by atoms with E-state index in [1.54, 1.807) is 19.1 Å². The first-order valence-corrected chi connectivity index (χ1v) is 6.83. The highest BCUT2D eigenvalue weighted by molar-refractivity contribution is 7.16. The van der Waals surface area contributed by atoms with Crippen molar-refractivity contribution in [2.24, 2.45) is 0 Å². The van der Waals surface area contributed by atoms with Crippen LogP contribution in [0.4, 0.5) is 9.39 Å². The fraction of sp³-hybridized carbons (Fsp3) is 0.200. The maximum atomic E-state index is 13.5. The minimum Gasteiger partial charge on any atom is -0.312 e. The van der Waals surface area contributed by atoms with Crippen LogP contribution in [0, 0.1) is 37.9 Å². The zero-order valence-electron chi connectivity index (χ0n) is 11.4. The summed E-state index contributed by atoms with van der Waals surface area (Å²) in [7, 11) is 0. The fourth-order valence-electron chi connectivity index (χ4n) is 1.76. The summed E-state index contributed by atoms with van der Waals surface area (Å²) < 4.78 is 13.5. The monoisotopic (exact) mass is 288 g/mol. The molecule has 0 radical (unpaired) electrons. The largest absolute Gasteiger partial charge is 0.312 e. The molecule has 0 aliphatic carbocycles. The van der Waals surface area contributed by atoms with Gasteiger partial charge >= 0.3 is 0 Å². The Morgan fingerprint density at radius 3 is 2.65 bits per heavy atom. The lowest BCUT2D eigenvalue weighted by atomic mass is 10.1. The second kappa shape index (κ2) is 5.43. The molecule has 0 saturated carbocycles. The van der Waals surface area contributed by atoms with Gasteiger partial charge in [-0.1, -0.05) is 6.07 Å². The molecule has 0 aliphatic heterocycles. The molecule has 5 heteroatoms. The van der Waals surface area contributed by atoms with Crippen LogP contribution < -0.4 is 5.32 Å². The molecule has 1 aromatic heterocycles. The van der Waals surface area contributed by atoms with E-state index in [2.05, 4.69) is 11.4 Å². The summed E-state index contributed by atoms with van der Waals surface area (Å²) in [5.74, 6) is -0.835. The van der Waals surface area contributed by atoms with E-state index in [-0.39, 0.29) is 5.56 Å². The summed E-state index contributed by atoms with van der Waals surface area (Å²) in [5.41, 5.74) is 2.05. The van der Waals surface area contributed by atoms with E-state index < -0.39 is 11.7 Å². The normalized spacial score (nSPS) is 10.2. The molecule has 1 N–H and O–H groups in total. The number of carbonyl (C=O) groups is 1. The number of nitriles is 1. The molecule has 1 aromatic carbocycles. The van der Waals surface area contributed by atoms with Gasteiger partial charge in [0.15, 0.2) is 0 Å². The van der Waals surface area contributed by atoms with Gasteiger partial charge in [-0.25, -0.2) is 4.39 Å². The SMILES string of the molecule is Cc1ccc(C(=O)Nc2sc(C)c(C)c2C#N)cc1F. The number of rotatable bonds is 2.